The molecule has 0 unspecified atom stereocenters. The van der Waals surface area contributed by atoms with Crippen LogP contribution in [-0.2, 0) is 17.3 Å². The molecule has 208 valence electrons. The average molecular weight is 542 g/mol. The van der Waals surface area contributed by atoms with Crippen LogP contribution in [0.15, 0.2) is 54.7 Å². The number of hydrogen-bond donors (Lipinski definition) is 1. The maximum Gasteiger partial charge on any atom is 0.416 e. The molecule has 39 heavy (non-hydrogen) atoms. The molecule has 1 N–H and O–H groups in total. The number of phenolic OH excluding ortho intramolecular Hbond substituents is 1. The third-order valence-corrected chi connectivity index (χ3v) is 6.58. The number of piperazine rings is 1. The smallest absolute Gasteiger partial charge is 0.416 e. The Labute approximate surface area is 227 Å². The van der Waals surface area contributed by atoms with Crippen molar-refractivity contribution in [3.8, 4) is 28.0 Å². The van der Waals surface area contributed by atoms with Crippen LogP contribution >= 0.6 is 0 Å². The van der Waals surface area contributed by atoms with E-state index in [1.165, 1.54) is 12.1 Å². The molecule has 1 amide bonds. The van der Waals surface area contributed by atoms with Gasteiger partial charge in [-0.1, -0.05) is 25.5 Å². The molecule has 1 aliphatic heterocycles. The Morgan fingerprint density at radius 3 is 2.21 bits per heavy atom. The summed E-state index contributed by atoms with van der Waals surface area (Å²) in [7, 11) is 0. The minimum Gasteiger partial charge on any atom is -0.507 e. The zero-order valence-corrected chi connectivity index (χ0v) is 22.7. The number of alkyl halides is 3. The first-order valence-corrected chi connectivity index (χ1v) is 13.1. The summed E-state index contributed by atoms with van der Waals surface area (Å²) < 4.78 is 44.8. The Hall–Kier alpha value is -3.75. The molecule has 3 aromatic rings. The summed E-state index contributed by atoms with van der Waals surface area (Å²) in [6, 6.07) is 12.3. The maximum absolute atomic E-state index is 13.1. The van der Waals surface area contributed by atoms with Gasteiger partial charge in [-0.15, -0.1) is 0 Å². The second-order valence-corrected chi connectivity index (χ2v) is 10.7. The molecule has 0 radical (unpaired) electrons. The molecular formula is C30H34F3N3O3. The van der Waals surface area contributed by atoms with E-state index < -0.39 is 17.3 Å². The van der Waals surface area contributed by atoms with Gasteiger partial charge in [0.2, 0.25) is 0 Å². The van der Waals surface area contributed by atoms with E-state index in [1.54, 1.807) is 23.2 Å². The Balaban J connectivity index is 1.60. The van der Waals surface area contributed by atoms with Gasteiger partial charge >= 0.3 is 12.3 Å². The highest BCUT2D eigenvalue weighted by Gasteiger charge is 2.30. The van der Waals surface area contributed by atoms with Crippen LogP contribution in [0.3, 0.4) is 0 Å². The largest absolute Gasteiger partial charge is 0.507 e. The van der Waals surface area contributed by atoms with Crippen molar-refractivity contribution >= 4 is 11.9 Å². The van der Waals surface area contributed by atoms with Crippen LogP contribution in [0.1, 0.15) is 45.2 Å². The maximum atomic E-state index is 13.1. The van der Waals surface area contributed by atoms with Gasteiger partial charge in [-0.3, -0.25) is 0 Å². The number of phenols is 1. The average Bonchev–Trinajstić information content (AvgIpc) is 2.88. The van der Waals surface area contributed by atoms with Gasteiger partial charge in [-0.2, -0.15) is 13.2 Å². The highest BCUT2D eigenvalue weighted by Crippen LogP contribution is 2.39. The standard InChI is InChI=1S/C30H34F3N3O3/c1-5-6-21-17-26(37)25(19-24(21)20-7-9-23(10-8-20)30(31,32)33)22-11-12-34-27(18-22)35-13-15-36(16-14-35)28(38)39-29(2,3)4/h7-12,17-19,37H,5-6,13-16H2,1-4H3. The number of carbonyl (C=O) groups is 1. The number of pyridine rings is 1. The molecule has 0 atom stereocenters. The van der Waals surface area contributed by atoms with E-state index in [1.807, 2.05) is 39.8 Å². The molecule has 4 rings (SSSR count). The molecule has 9 heteroatoms. The summed E-state index contributed by atoms with van der Waals surface area (Å²) in [6.07, 6.45) is -1.58. The van der Waals surface area contributed by atoms with Crippen LogP contribution in [0.5, 0.6) is 5.75 Å². The molecule has 2 aromatic carbocycles. The zero-order valence-electron chi connectivity index (χ0n) is 22.7. The van der Waals surface area contributed by atoms with Gasteiger partial charge in [0.1, 0.15) is 17.2 Å². The number of hydrogen-bond acceptors (Lipinski definition) is 5. The molecule has 1 fully saturated rings. The van der Waals surface area contributed by atoms with Crippen molar-refractivity contribution in [2.75, 3.05) is 31.1 Å². The van der Waals surface area contributed by atoms with E-state index >= 15 is 0 Å². The molecule has 1 aliphatic rings. The Bertz CT molecular complexity index is 1310. The minimum absolute atomic E-state index is 0.0982. The van der Waals surface area contributed by atoms with Crippen molar-refractivity contribution in [1.29, 1.82) is 0 Å². The fraction of sp³-hybridized carbons (Fsp3) is 0.400. The Morgan fingerprint density at radius 2 is 1.62 bits per heavy atom. The van der Waals surface area contributed by atoms with Gasteiger partial charge in [-0.25, -0.2) is 9.78 Å². The van der Waals surface area contributed by atoms with Crippen LogP contribution in [0.4, 0.5) is 23.8 Å². The molecular weight excluding hydrogens is 507 g/mol. The van der Waals surface area contributed by atoms with Crippen molar-refractivity contribution < 1.29 is 27.8 Å². The predicted molar refractivity (Wildman–Crippen MR) is 146 cm³/mol. The van der Waals surface area contributed by atoms with E-state index in [2.05, 4.69) is 9.88 Å². The third-order valence-electron chi connectivity index (χ3n) is 6.58. The van der Waals surface area contributed by atoms with Crippen LogP contribution < -0.4 is 4.90 Å². The van der Waals surface area contributed by atoms with Gasteiger partial charge in [0.15, 0.2) is 0 Å². The van der Waals surface area contributed by atoms with E-state index in [0.717, 1.165) is 35.2 Å². The lowest BCUT2D eigenvalue weighted by atomic mass is 9.91. The zero-order chi connectivity index (χ0) is 28.4. The van der Waals surface area contributed by atoms with E-state index in [9.17, 15) is 23.1 Å². The minimum atomic E-state index is -4.41. The van der Waals surface area contributed by atoms with Crippen molar-refractivity contribution in [3.05, 3.63) is 65.9 Å². The van der Waals surface area contributed by atoms with Crippen LogP contribution in [0.2, 0.25) is 0 Å². The molecule has 2 heterocycles. The molecule has 0 bridgehead atoms. The van der Waals surface area contributed by atoms with E-state index in [0.29, 0.717) is 49.5 Å². The number of nitrogens with zero attached hydrogens (tertiary/aromatic N) is 3. The monoisotopic (exact) mass is 541 g/mol. The fourth-order valence-corrected chi connectivity index (χ4v) is 4.65. The number of aryl methyl sites for hydroxylation is 1. The summed E-state index contributed by atoms with van der Waals surface area (Å²) >= 11 is 0. The summed E-state index contributed by atoms with van der Waals surface area (Å²) in [5, 5.41) is 10.9. The number of halogens is 3. The highest BCUT2D eigenvalue weighted by molar-refractivity contribution is 5.81. The van der Waals surface area contributed by atoms with Crippen molar-refractivity contribution in [1.82, 2.24) is 9.88 Å². The lowest BCUT2D eigenvalue weighted by Gasteiger charge is -2.36. The quantitative estimate of drug-likeness (QED) is 0.372. The van der Waals surface area contributed by atoms with Crippen LogP contribution in [-0.4, -0.2) is 52.9 Å². The molecule has 1 saturated heterocycles. The van der Waals surface area contributed by atoms with Crippen LogP contribution in [0.25, 0.3) is 22.3 Å². The molecule has 1 aromatic heterocycles. The van der Waals surface area contributed by atoms with E-state index in [-0.39, 0.29) is 11.8 Å². The lowest BCUT2D eigenvalue weighted by Crippen LogP contribution is -2.50. The first-order valence-electron chi connectivity index (χ1n) is 13.1. The van der Waals surface area contributed by atoms with E-state index in [4.69, 9.17) is 4.74 Å². The summed E-state index contributed by atoms with van der Waals surface area (Å²) in [5.74, 6) is 0.811. The molecule has 0 spiro atoms. The predicted octanol–water partition coefficient (Wildman–Crippen LogP) is 7.15. The van der Waals surface area contributed by atoms with Gasteiger partial charge < -0.3 is 19.6 Å². The summed E-state index contributed by atoms with van der Waals surface area (Å²) in [6.45, 7) is 9.67. The normalized spacial score (nSPS) is 14.4. The lowest BCUT2D eigenvalue weighted by molar-refractivity contribution is -0.137. The number of rotatable bonds is 5. The Kier molecular flexibility index (Phi) is 8.09. The van der Waals surface area contributed by atoms with Crippen molar-refractivity contribution in [3.63, 3.8) is 0 Å². The summed E-state index contributed by atoms with van der Waals surface area (Å²) in [4.78, 5) is 20.7. The van der Waals surface area contributed by atoms with Gasteiger partial charge in [0, 0.05) is 37.9 Å². The first kappa shape index (κ1) is 28.3. The van der Waals surface area contributed by atoms with Gasteiger partial charge in [-0.05, 0) is 85.8 Å². The van der Waals surface area contributed by atoms with Crippen molar-refractivity contribution in [2.45, 2.75) is 52.3 Å². The Morgan fingerprint density at radius 1 is 0.949 bits per heavy atom. The number of aromatic hydroxyl groups is 1. The molecule has 6 nitrogen and oxygen atoms in total. The van der Waals surface area contributed by atoms with Gasteiger partial charge in [0.05, 0.1) is 5.56 Å². The van der Waals surface area contributed by atoms with Gasteiger partial charge in [0.25, 0.3) is 0 Å². The topological polar surface area (TPSA) is 65.9 Å². The SMILES string of the molecule is CCCc1cc(O)c(-c2ccnc(N3CCN(C(=O)OC(C)(C)C)CC3)c2)cc1-c1ccc(C(F)(F)F)cc1. The third kappa shape index (κ3) is 6.82. The molecule has 0 saturated carbocycles. The van der Waals surface area contributed by atoms with Crippen LogP contribution in [0, 0.1) is 0 Å². The number of aromatic nitrogens is 1. The highest BCUT2D eigenvalue weighted by atomic mass is 19.4. The summed E-state index contributed by atoms with van der Waals surface area (Å²) in [5.41, 5.74) is 2.35. The number of benzene rings is 2. The number of ether oxygens (including phenoxy) is 1. The molecule has 0 aliphatic carbocycles. The number of carbonyl (C=O) groups excluding carboxylic acids is 1. The number of amides is 1. The second-order valence-electron chi connectivity index (χ2n) is 10.7. The first-order chi connectivity index (χ1) is 18.4. The second kappa shape index (κ2) is 11.2. The van der Waals surface area contributed by atoms with Crippen molar-refractivity contribution in [2.24, 2.45) is 0 Å². The fourth-order valence-electron chi connectivity index (χ4n) is 4.65. The number of anilines is 1.